The fraction of sp³-hybridized carbons (Fsp3) is 0.800. The van der Waals surface area contributed by atoms with E-state index in [1.54, 1.807) is 0 Å². The molecule has 1 unspecified atom stereocenters. The number of hydrogen-bond donors (Lipinski definition) is 0. The fourth-order valence-corrected chi connectivity index (χ4v) is 1.26. The summed E-state index contributed by atoms with van der Waals surface area (Å²) in [5.74, 6) is -0.574. The van der Waals surface area contributed by atoms with Crippen LogP contribution >= 0.6 is 47.8 Å². The fourth-order valence-electron chi connectivity index (χ4n) is 0.543. The highest BCUT2D eigenvalue weighted by atomic mass is 80.0. The van der Waals surface area contributed by atoms with Gasteiger partial charge in [0.1, 0.15) is 0 Å². The second-order valence-corrected chi connectivity index (χ2v) is 9.10. The lowest BCUT2D eigenvalue weighted by atomic mass is 10.4. The van der Waals surface area contributed by atoms with E-state index in [1.165, 1.54) is 6.92 Å². The highest BCUT2D eigenvalue weighted by Crippen LogP contribution is 2.38. The summed E-state index contributed by atoms with van der Waals surface area (Å²) in [6.07, 6.45) is -0.917. The van der Waals surface area contributed by atoms with E-state index in [0.717, 1.165) is 0 Å². The molecule has 0 N–H and O–H groups in total. The molecule has 0 aromatic rings. The van der Waals surface area contributed by atoms with E-state index in [0.29, 0.717) is 0 Å². The first kappa shape index (κ1) is 13.3. The smallest absolute Gasteiger partial charge is 0.303 e. The molecule has 0 aromatic heterocycles. The van der Waals surface area contributed by atoms with Crippen molar-refractivity contribution in [3.05, 3.63) is 10.1 Å². The molecule has 0 spiro atoms. The average molecular weight is 384 g/mol. The van der Waals surface area contributed by atoms with Gasteiger partial charge in [-0.3, -0.25) is 14.9 Å². The standard InChI is InChI=1S/C5H6Br3NO4/c1-3(10)13-4(2-9(11)12)5(6,7)8/h4H,2H2,1H3. The molecule has 0 aromatic carbocycles. The van der Waals surface area contributed by atoms with Crippen molar-refractivity contribution in [3.8, 4) is 0 Å². The topological polar surface area (TPSA) is 69.4 Å². The van der Waals surface area contributed by atoms with Crippen molar-refractivity contribution in [1.29, 1.82) is 0 Å². The van der Waals surface area contributed by atoms with Crippen molar-refractivity contribution in [2.75, 3.05) is 6.54 Å². The maximum absolute atomic E-state index is 10.6. The number of carbonyl (C=O) groups is 1. The Morgan fingerprint density at radius 1 is 1.62 bits per heavy atom. The molecular weight excluding hydrogens is 378 g/mol. The molecule has 0 rings (SSSR count). The van der Waals surface area contributed by atoms with Gasteiger partial charge in [-0.05, 0) is 0 Å². The monoisotopic (exact) mass is 381 g/mol. The van der Waals surface area contributed by atoms with Crippen LogP contribution in [0.1, 0.15) is 6.92 Å². The first-order valence-electron chi connectivity index (χ1n) is 3.09. The molecule has 0 amide bonds. The van der Waals surface area contributed by atoms with Crippen LogP contribution in [-0.2, 0) is 9.53 Å². The van der Waals surface area contributed by atoms with E-state index in [9.17, 15) is 14.9 Å². The van der Waals surface area contributed by atoms with Gasteiger partial charge in [0.05, 0.1) is 0 Å². The molecule has 76 valence electrons. The minimum atomic E-state index is -0.967. The van der Waals surface area contributed by atoms with Crippen molar-refractivity contribution < 1.29 is 14.5 Å². The molecule has 0 radical (unpaired) electrons. The summed E-state index contributed by atoms with van der Waals surface area (Å²) in [5.41, 5.74) is 0. The van der Waals surface area contributed by atoms with E-state index in [1.807, 2.05) is 0 Å². The molecule has 0 bridgehead atoms. The largest absolute Gasteiger partial charge is 0.452 e. The third-order valence-electron chi connectivity index (χ3n) is 0.988. The first-order valence-corrected chi connectivity index (χ1v) is 5.47. The molecule has 0 aliphatic heterocycles. The Kier molecular flexibility index (Phi) is 5.38. The van der Waals surface area contributed by atoms with Gasteiger partial charge < -0.3 is 4.74 Å². The van der Waals surface area contributed by atoms with Gasteiger partial charge in [-0.2, -0.15) is 0 Å². The number of alkyl halides is 3. The first-order chi connectivity index (χ1) is 5.73. The highest BCUT2D eigenvalue weighted by molar-refractivity contribution is 9.39. The molecule has 0 aliphatic rings. The van der Waals surface area contributed by atoms with Gasteiger partial charge in [-0.15, -0.1) is 0 Å². The van der Waals surface area contributed by atoms with E-state index in [-0.39, 0.29) is 0 Å². The zero-order chi connectivity index (χ0) is 10.6. The number of esters is 1. The number of nitro groups is 1. The van der Waals surface area contributed by atoms with Crippen LogP contribution in [0.5, 0.6) is 0 Å². The van der Waals surface area contributed by atoms with Crippen molar-refractivity contribution in [3.63, 3.8) is 0 Å². The number of nitrogens with zero attached hydrogens (tertiary/aromatic N) is 1. The molecule has 13 heavy (non-hydrogen) atoms. The summed E-state index contributed by atoms with van der Waals surface area (Å²) in [5, 5.41) is 10.2. The Balaban J connectivity index is 4.37. The predicted octanol–water partition coefficient (Wildman–Crippen LogP) is 2.03. The zero-order valence-electron chi connectivity index (χ0n) is 6.50. The van der Waals surface area contributed by atoms with Crippen molar-refractivity contribution in [2.24, 2.45) is 0 Å². The lowest BCUT2D eigenvalue weighted by molar-refractivity contribution is -0.489. The van der Waals surface area contributed by atoms with Crippen LogP contribution in [0.4, 0.5) is 0 Å². The van der Waals surface area contributed by atoms with Crippen LogP contribution < -0.4 is 0 Å². The molecule has 0 heterocycles. The highest BCUT2D eigenvalue weighted by Gasteiger charge is 2.37. The van der Waals surface area contributed by atoms with Gasteiger partial charge in [-0.1, -0.05) is 47.8 Å². The van der Waals surface area contributed by atoms with Gasteiger partial charge >= 0.3 is 5.97 Å². The number of carbonyl (C=O) groups excluding carboxylic acids is 1. The van der Waals surface area contributed by atoms with Crippen LogP contribution in [-0.4, -0.2) is 25.7 Å². The Morgan fingerprint density at radius 3 is 2.31 bits per heavy atom. The van der Waals surface area contributed by atoms with Crippen LogP contribution in [0, 0.1) is 10.1 Å². The Morgan fingerprint density at radius 2 is 2.08 bits per heavy atom. The normalized spacial score (nSPS) is 13.5. The van der Waals surface area contributed by atoms with E-state index < -0.39 is 25.7 Å². The minimum Gasteiger partial charge on any atom is -0.452 e. The summed E-state index contributed by atoms with van der Waals surface area (Å²) in [6.45, 7) is 0.701. The Bertz CT molecular complexity index is 198. The maximum Gasteiger partial charge on any atom is 0.303 e. The lowest BCUT2D eigenvalue weighted by Gasteiger charge is -2.21. The molecular formula is C5H6Br3NO4. The van der Waals surface area contributed by atoms with Crippen LogP contribution in [0.2, 0.25) is 0 Å². The molecule has 5 nitrogen and oxygen atoms in total. The predicted molar refractivity (Wildman–Crippen MR) is 56.9 cm³/mol. The third kappa shape index (κ3) is 6.39. The third-order valence-corrected chi connectivity index (χ3v) is 2.52. The summed E-state index contributed by atoms with van der Waals surface area (Å²) in [7, 11) is 0. The number of rotatable bonds is 3. The van der Waals surface area contributed by atoms with E-state index in [4.69, 9.17) is 4.74 Å². The van der Waals surface area contributed by atoms with Gasteiger partial charge in [0.15, 0.2) is 2.14 Å². The molecule has 0 saturated heterocycles. The minimum absolute atomic E-state index is 0.485. The summed E-state index contributed by atoms with van der Waals surface area (Å²) in [6, 6.07) is 0. The van der Waals surface area contributed by atoms with Gasteiger partial charge in [0.25, 0.3) is 0 Å². The number of hydrogen-bond acceptors (Lipinski definition) is 4. The maximum atomic E-state index is 10.6. The van der Waals surface area contributed by atoms with Crippen molar-refractivity contribution in [1.82, 2.24) is 0 Å². The molecule has 8 heteroatoms. The second-order valence-electron chi connectivity index (χ2n) is 2.15. The Hall–Kier alpha value is 0.310. The van der Waals surface area contributed by atoms with Crippen LogP contribution in [0.3, 0.4) is 0 Å². The average Bonchev–Trinajstić information content (AvgIpc) is 1.81. The summed E-state index contributed by atoms with van der Waals surface area (Å²) < 4.78 is 3.74. The Labute approximate surface area is 99.7 Å². The quantitative estimate of drug-likeness (QED) is 0.323. The van der Waals surface area contributed by atoms with Gasteiger partial charge in [0.2, 0.25) is 12.6 Å². The van der Waals surface area contributed by atoms with Gasteiger partial charge in [0, 0.05) is 11.8 Å². The van der Waals surface area contributed by atoms with E-state index >= 15 is 0 Å². The van der Waals surface area contributed by atoms with Crippen LogP contribution in [0.25, 0.3) is 0 Å². The molecule has 1 atom stereocenters. The summed E-state index contributed by atoms with van der Waals surface area (Å²) >= 11 is 9.16. The van der Waals surface area contributed by atoms with Crippen LogP contribution in [0.15, 0.2) is 0 Å². The number of halogens is 3. The molecule has 0 fully saturated rings. The summed E-state index contributed by atoms with van der Waals surface area (Å²) in [4.78, 5) is 20.2. The van der Waals surface area contributed by atoms with Crippen molar-refractivity contribution >= 4 is 53.8 Å². The SMILES string of the molecule is CC(=O)OC(C[N+](=O)[O-])C(Br)(Br)Br. The second kappa shape index (κ2) is 5.26. The van der Waals surface area contributed by atoms with Gasteiger partial charge in [-0.25, -0.2) is 0 Å². The zero-order valence-corrected chi connectivity index (χ0v) is 11.3. The molecule has 0 aliphatic carbocycles. The van der Waals surface area contributed by atoms with E-state index in [2.05, 4.69) is 47.8 Å². The molecule has 0 saturated carbocycles. The van der Waals surface area contributed by atoms with Crippen molar-refractivity contribution in [2.45, 2.75) is 15.2 Å². The lowest BCUT2D eigenvalue weighted by Crippen LogP contribution is -2.35. The number of ether oxygens (including phenoxy) is 1.